The number of carbonyl (C=O) groups is 5. The smallest absolute Gasteiger partial charge is 0.323 e. The highest BCUT2D eigenvalue weighted by molar-refractivity contribution is 7.98. The number of anilines is 1. The number of nitrogens with two attached hydrogens (primary N) is 2. The van der Waals surface area contributed by atoms with Gasteiger partial charge in [0.2, 0.25) is 11.7 Å². The van der Waals surface area contributed by atoms with Crippen molar-refractivity contribution in [2.75, 3.05) is 61.6 Å². The third-order valence-electron chi connectivity index (χ3n) is 6.52. The van der Waals surface area contributed by atoms with Gasteiger partial charge in [0.05, 0.1) is 11.1 Å². The zero-order valence-corrected chi connectivity index (χ0v) is 27.3. The van der Waals surface area contributed by atoms with Crippen LogP contribution in [0.4, 0.5) is 5.69 Å². The quantitative estimate of drug-likeness (QED) is 0.101. The van der Waals surface area contributed by atoms with Crippen LogP contribution in [0.5, 0.6) is 11.5 Å². The maximum Gasteiger partial charge on any atom is 0.323 e. The van der Waals surface area contributed by atoms with Gasteiger partial charge in [-0.2, -0.15) is 23.5 Å². The minimum Gasteiger partial charge on any atom is -0.489 e. The molecule has 0 bridgehead atoms. The number of hydrogen-bond donors (Lipinski definition) is 3. The van der Waals surface area contributed by atoms with Gasteiger partial charge in [-0.25, -0.2) is 0 Å². The van der Waals surface area contributed by atoms with E-state index in [1.54, 1.807) is 29.6 Å². The molecule has 0 spiro atoms. The van der Waals surface area contributed by atoms with Crippen LogP contribution in [0.3, 0.4) is 0 Å². The van der Waals surface area contributed by atoms with Gasteiger partial charge in [0.15, 0.2) is 5.78 Å². The number of esters is 2. The molecule has 0 unspecified atom stereocenters. The van der Waals surface area contributed by atoms with Gasteiger partial charge >= 0.3 is 11.9 Å². The number of ketones is 2. The van der Waals surface area contributed by atoms with Gasteiger partial charge in [0, 0.05) is 22.9 Å². The Bertz CT molecular complexity index is 1410. The van der Waals surface area contributed by atoms with Gasteiger partial charge in [0.25, 0.3) is 0 Å². The third-order valence-corrected chi connectivity index (χ3v) is 8.05. The van der Waals surface area contributed by atoms with Crippen molar-refractivity contribution < 1.29 is 42.9 Å². The van der Waals surface area contributed by atoms with Crippen LogP contribution in [0.25, 0.3) is 0 Å². The van der Waals surface area contributed by atoms with E-state index in [4.69, 9.17) is 42.0 Å². The van der Waals surface area contributed by atoms with Crippen LogP contribution in [-0.4, -0.2) is 97.8 Å². The number of halogens is 1. The predicted molar refractivity (Wildman–Crippen MR) is 174 cm³/mol. The van der Waals surface area contributed by atoms with Gasteiger partial charge in [-0.15, -0.1) is 11.6 Å². The van der Waals surface area contributed by atoms with Crippen LogP contribution in [0.15, 0.2) is 30.3 Å². The van der Waals surface area contributed by atoms with Gasteiger partial charge in [-0.1, -0.05) is 12.1 Å². The molecule has 0 saturated carbocycles. The van der Waals surface area contributed by atoms with Crippen molar-refractivity contribution in [3.05, 3.63) is 52.6 Å². The van der Waals surface area contributed by atoms with Crippen LogP contribution in [0, 0.1) is 0 Å². The van der Waals surface area contributed by atoms with E-state index in [1.165, 1.54) is 24.3 Å². The number of carbonyl (C=O) groups excluding carboxylic acids is 5. The molecule has 12 nitrogen and oxygen atoms in total. The number of fused-ring (bicyclic) bond motifs is 2. The molecule has 2 aromatic rings. The Balaban J connectivity index is 1.81. The SMILES string of the molecule is CSCC[C@H](N)C(=O)OCCOc1cccc2c1C(=O)c1c(OCCOC(=O)[C@@H](N)CCSC)cc(NC(=O)CCl)cc1C2=O. The Labute approximate surface area is 274 Å². The summed E-state index contributed by atoms with van der Waals surface area (Å²) in [6.45, 7) is -0.558. The van der Waals surface area contributed by atoms with Crippen LogP contribution < -0.4 is 26.3 Å². The van der Waals surface area contributed by atoms with E-state index in [9.17, 15) is 24.0 Å². The number of rotatable bonds is 18. The number of thioether (sulfide) groups is 2. The highest BCUT2D eigenvalue weighted by Crippen LogP contribution is 2.39. The van der Waals surface area contributed by atoms with Gasteiger partial charge in [0.1, 0.15) is 55.9 Å². The molecule has 0 saturated heterocycles. The van der Waals surface area contributed by atoms with E-state index in [1.807, 2.05) is 12.5 Å². The summed E-state index contributed by atoms with van der Waals surface area (Å²) >= 11 is 8.76. The molecular formula is C30H36ClN3O9S2. The molecular weight excluding hydrogens is 646 g/mol. The maximum atomic E-state index is 13.9. The zero-order valence-electron chi connectivity index (χ0n) is 24.9. The maximum absolute atomic E-state index is 13.9. The molecule has 0 fully saturated rings. The second-order valence-corrected chi connectivity index (χ2v) is 12.0. The summed E-state index contributed by atoms with van der Waals surface area (Å²) in [5, 5.41) is 2.56. The minimum absolute atomic E-state index is 0.00346. The fraction of sp³-hybridized carbons (Fsp3) is 0.433. The molecule has 2 aromatic carbocycles. The van der Waals surface area contributed by atoms with Crippen LogP contribution in [-0.2, 0) is 23.9 Å². The third kappa shape index (κ3) is 9.84. The second-order valence-electron chi connectivity index (χ2n) is 9.72. The molecule has 3 rings (SSSR count). The number of amides is 1. The molecule has 5 N–H and O–H groups in total. The molecule has 0 radical (unpaired) electrons. The summed E-state index contributed by atoms with van der Waals surface area (Å²) in [6.07, 6.45) is 4.73. The molecule has 1 aliphatic rings. The average Bonchev–Trinajstić information content (AvgIpc) is 3.04. The first kappa shape index (κ1) is 36.2. The number of ether oxygens (including phenoxy) is 4. The van der Waals surface area contributed by atoms with Crippen molar-refractivity contribution in [1.29, 1.82) is 0 Å². The van der Waals surface area contributed by atoms with Gasteiger partial charge in [-0.3, -0.25) is 24.0 Å². The molecule has 0 heterocycles. The van der Waals surface area contributed by atoms with Crippen LogP contribution >= 0.6 is 35.1 Å². The number of nitrogens with one attached hydrogen (secondary N) is 1. The van der Waals surface area contributed by atoms with Crippen molar-refractivity contribution in [3.8, 4) is 11.5 Å². The zero-order chi connectivity index (χ0) is 32.9. The van der Waals surface area contributed by atoms with E-state index in [0.717, 1.165) is 0 Å². The number of benzene rings is 2. The van der Waals surface area contributed by atoms with Crippen molar-refractivity contribution in [2.45, 2.75) is 24.9 Å². The average molecular weight is 682 g/mol. The number of alkyl halides is 1. The fourth-order valence-electron chi connectivity index (χ4n) is 4.28. The van der Waals surface area contributed by atoms with Gasteiger partial charge in [-0.05, 0) is 49.0 Å². The summed E-state index contributed by atoms with van der Waals surface area (Å²) in [5.74, 6) is -1.60. The van der Waals surface area contributed by atoms with E-state index >= 15 is 0 Å². The van der Waals surface area contributed by atoms with E-state index in [0.29, 0.717) is 24.3 Å². The molecule has 15 heteroatoms. The molecule has 244 valence electrons. The number of hydrogen-bond acceptors (Lipinski definition) is 13. The summed E-state index contributed by atoms with van der Waals surface area (Å²) < 4.78 is 22.0. The summed E-state index contributed by atoms with van der Waals surface area (Å²) in [7, 11) is 0. The first-order valence-electron chi connectivity index (χ1n) is 14.0. The second kappa shape index (κ2) is 18.0. The van der Waals surface area contributed by atoms with Crippen LogP contribution in [0.2, 0.25) is 0 Å². The first-order valence-corrected chi connectivity index (χ1v) is 17.3. The molecule has 1 aliphatic carbocycles. The highest BCUT2D eigenvalue weighted by atomic mass is 35.5. The minimum atomic E-state index is -0.783. The van der Waals surface area contributed by atoms with Crippen molar-refractivity contribution in [2.24, 2.45) is 11.5 Å². The molecule has 0 aliphatic heterocycles. The lowest BCUT2D eigenvalue weighted by atomic mass is 9.82. The van der Waals surface area contributed by atoms with E-state index in [2.05, 4.69) is 5.32 Å². The largest absolute Gasteiger partial charge is 0.489 e. The molecule has 0 aromatic heterocycles. The summed E-state index contributed by atoms with van der Waals surface area (Å²) in [4.78, 5) is 63.9. The van der Waals surface area contributed by atoms with Crippen molar-refractivity contribution >= 4 is 70.2 Å². The normalized spacial score (nSPS) is 13.3. The predicted octanol–water partition coefficient (Wildman–Crippen LogP) is 2.64. The standard InChI is InChI=1S/C30H36ClN3O9S2/c1-44-12-6-20(32)29(38)42-10-8-40-22-5-3-4-18-25(22)28(37)26-19(27(18)36)14-17(34-24(35)16-31)15-23(26)41-9-11-43-30(39)21(33)7-13-45-2/h3-5,14-15,20-21H,6-13,16,32-33H2,1-2H3,(H,34,35)/t20-,21-/m0/s1. The van der Waals surface area contributed by atoms with E-state index < -0.39 is 41.5 Å². The Kier molecular flexibility index (Phi) is 14.5. The fourth-order valence-corrected chi connectivity index (χ4v) is 5.33. The Morgan fingerprint density at radius 1 is 0.800 bits per heavy atom. The van der Waals surface area contributed by atoms with Crippen molar-refractivity contribution in [1.82, 2.24) is 0 Å². The van der Waals surface area contributed by atoms with Crippen molar-refractivity contribution in [3.63, 3.8) is 0 Å². The summed E-state index contributed by atoms with van der Waals surface area (Å²) in [6, 6.07) is 5.78. The topological polar surface area (TPSA) is 186 Å². The molecule has 2 atom stereocenters. The van der Waals surface area contributed by atoms with E-state index in [-0.39, 0.29) is 71.7 Å². The molecule has 1 amide bonds. The first-order chi connectivity index (χ1) is 21.6. The Hall–Kier alpha value is -3.30. The Morgan fingerprint density at radius 2 is 1.36 bits per heavy atom. The lowest BCUT2D eigenvalue weighted by molar-refractivity contribution is -0.146. The van der Waals surface area contributed by atoms with Crippen LogP contribution in [0.1, 0.15) is 44.7 Å². The highest BCUT2D eigenvalue weighted by Gasteiger charge is 2.36. The Morgan fingerprint density at radius 3 is 1.91 bits per heavy atom. The lowest BCUT2D eigenvalue weighted by Crippen LogP contribution is -2.33. The van der Waals surface area contributed by atoms with Gasteiger partial charge < -0.3 is 35.7 Å². The monoisotopic (exact) mass is 681 g/mol. The lowest BCUT2D eigenvalue weighted by Gasteiger charge is -2.23. The molecule has 45 heavy (non-hydrogen) atoms. The summed E-state index contributed by atoms with van der Waals surface area (Å²) in [5.41, 5.74) is 11.9.